The average molecular weight is 350 g/mol. The van der Waals surface area contributed by atoms with E-state index in [9.17, 15) is 4.79 Å². The molecule has 3 rings (SSSR count). The summed E-state index contributed by atoms with van der Waals surface area (Å²) in [5.74, 6) is 1.31. The molecule has 1 heterocycles. The standard InChI is InChI=1S/C22H22O4/c1-14(2)10-11-16-19(24-3)13-20-18(21(16)25-4)12-17(22(23)26-20)15-8-6-5-7-9-15/h5-10,12-13H,11H2,1-4H3. The highest BCUT2D eigenvalue weighted by Gasteiger charge is 2.18. The maximum absolute atomic E-state index is 12.5. The zero-order valence-corrected chi connectivity index (χ0v) is 15.5. The van der Waals surface area contributed by atoms with Crippen LogP contribution in [-0.4, -0.2) is 14.2 Å². The molecular weight excluding hydrogens is 328 g/mol. The molecule has 2 aromatic carbocycles. The molecule has 0 aliphatic carbocycles. The lowest BCUT2D eigenvalue weighted by Gasteiger charge is -2.15. The van der Waals surface area contributed by atoms with Gasteiger partial charge in [-0.15, -0.1) is 0 Å². The number of allylic oxidation sites excluding steroid dienone is 2. The maximum Gasteiger partial charge on any atom is 0.344 e. The SMILES string of the molecule is COc1cc2oc(=O)c(-c3ccccc3)cc2c(OC)c1CC=C(C)C. The zero-order chi connectivity index (χ0) is 18.7. The number of methoxy groups -OCH3 is 2. The molecule has 4 nitrogen and oxygen atoms in total. The first-order valence-electron chi connectivity index (χ1n) is 8.45. The van der Waals surface area contributed by atoms with Crippen molar-refractivity contribution in [3.05, 3.63) is 70.1 Å². The first kappa shape index (κ1) is 17.8. The Balaban J connectivity index is 2.30. The van der Waals surface area contributed by atoms with Crippen molar-refractivity contribution < 1.29 is 13.9 Å². The van der Waals surface area contributed by atoms with Gasteiger partial charge in [0.25, 0.3) is 0 Å². The predicted molar refractivity (Wildman–Crippen MR) is 104 cm³/mol. The number of rotatable bonds is 5. The third-order valence-corrected chi connectivity index (χ3v) is 4.28. The molecule has 0 N–H and O–H groups in total. The summed E-state index contributed by atoms with van der Waals surface area (Å²) in [5, 5.41) is 0.754. The fourth-order valence-electron chi connectivity index (χ4n) is 2.98. The summed E-state index contributed by atoms with van der Waals surface area (Å²) in [5.41, 5.74) is 3.52. The molecule has 0 fully saturated rings. The molecule has 26 heavy (non-hydrogen) atoms. The monoisotopic (exact) mass is 350 g/mol. The van der Waals surface area contributed by atoms with Crippen molar-refractivity contribution in [2.24, 2.45) is 0 Å². The topological polar surface area (TPSA) is 48.7 Å². The van der Waals surface area contributed by atoms with Gasteiger partial charge >= 0.3 is 5.63 Å². The van der Waals surface area contributed by atoms with Crippen molar-refractivity contribution in [3.63, 3.8) is 0 Å². The molecule has 3 aromatic rings. The second-order valence-corrected chi connectivity index (χ2v) is 6.30. The molecule has 0 bridgehead atoms. The van der Waals surface area contributed by atoms with Gasteiger partial charge in [-0.25, -0.2) is 4.79 Å². The van der Waals surface area contributed by atoms with E-state index >= 15 is 0 Å². The first-order valence-corrected chi connectivity index (χ1v) is 8.45. The minimum atomic E-state index is -0.384. The quantitative estimate of drug-likeness (QED) is 0.481. The molecule has 4 heteroatoms. The fraction of sp³-hybridized carbons (Fsp3) is 0.227. The smallest absolute Gasteiger partial charge is 0.344 e. The van der Waals surface area contributed by atoms with E-state index < -0.39 is 0 Å². The largest absolute Gasteiger partial charge is 0.496 e. The van der Waals surface area contributed by atoms with Crippen LogP contribution in [0.3, 0.4) is 0 Å². The van der Waals surface area contributed by atoms with E-state index in [1.807, 2.05) is 50.2 Å². The number of hydrogen-bond acceptors (Lipinski definition) is 4. The van der Waals surface area contributed by atoms with E-state index in [-0.39, 0.29) is 5.63 Å². The van der Waals surface area contributed by atoms with Gasteiger partial charge in [-0.3, -0.25) is 0 Å². The van der Waals surface area contributed by atoms with Crippen molar-refractivity contribution in [2.75, 3.05) is 14.2 Å². The van der Waals surface area contributed by atoms with E-state index in [4.69, 9.17) is 13.9 Å². The lowest BCUT2D eigenvalue weighted by molar-refractivity contribution is 0.389. The summed E-state index contributed by atoms with van der Waals surface area (Å²) in [6.07, 6.45) is 2.79. The Hall–Kier alpha value is -3.01. The predicted octanol–water partition coefficient (Wildman–Crippen LogP) is 4.99. The second kappa shape index (κ2) is 7.48. The van der Waals surface area contributed by atoms with Crippen LogP contribution >= 0.6 is 0 Å². The lowest BCUT2D eigenvalue weighted by Crippen LogP contribution is -2.05. The Morgan fingerprint density at radius 2 is 1.81 bits per heavy atom. The van der Waals surface area contributed by atoms with Crippen molar-refractivity contribution in [2.45, 2.75) is 20.3 Å². The second-order valence-electron chi connectivity index (χ2n) is 6.30. The van der Waals surface area contributed by atoms with Crippen molar-refractivity contribution in [3.8, 4) is 22.6 Å². The van der Waals surface area contributed by atoms with Gasteiger partial charge in [0.2, 0.25) is 0 Å². The normalized spacial score (nSPS) is 10.6. The molecule has 0 atom stereocenters. The Morgan fingerprint density at radius 1 is 1.08 bits per heavy atom. The highest BCUT2D eigenvalue weighted by atomic mass is 16.5. The van der Waals surface area contributed by atoms with Gasteiger partial charge in [0.15, 0.2) is 0 Å². The van der Waals surface area contributed by atoms with Crippen LogP contribution in [0.1, 0.15) is 19.4 Å². The van der Waals surface area contributed by atoms with E-state index in [2.05, 4.69) is 6.08 Å². The van der Waals surface area contributed by atoms with Crippen LogP contribution in [0, 0.1) is 0 Å². The van der Waals surface area contributed by atoms with E-state index in [0.717, 1.165) is 16.5 Å². The highest BCUT2D eigenvalue weighted by Crippen LogP contribution is 2.38. The van der Waals surface area contributed by atoms with Crippen LogP contribution in [-0.2, 0) is 6.42 Å². The number of fused-ring (bicyclic) bond motifs is 1. The fourth-order valence-corrected chi connectivity index (χ4v) is 2.98. The van der Waals surface area contributed by atoms with Crippen LogP contribution in [0.25, 0.3) is 22.1 Å². The van der Waals surface area contributed by atoms with Gasteiger partial charge in [0, 0.05) is 11.6 Å². The molecular formula is C22H22O4. The molecule has 0 saturated heterocycles. The van der Waals surface area contributed by atoms with E-state index in [1.54, 1.807) is 20.3 Å². The number of benzene rings is 2. The van der Waals surface area contributed by atoms with Gasteiger partial charge in [0.1, 0.15) is 17.1 Å². The summed E-state index contributed by atoms with van der Waals surface area (Å²) in [4.78, 5) is 12.5. The third kappa shape index (κ3) is 3.36. The minimum Gasteiger partial charge on any atom is -0.496 e. The minimum absolute atomic E-state index is 0.384. The summed E-state index contributed by atoms with van der Waals surface area (Å²) in [7, 11) is 3.22. The van der Waals surface area contributed by atoms with Gasteiger partial charge in [-0.1, -0.05) is 42.0 Å². The van der Waals surface area contributed by atoms with Crippen LogP contribution in [0.4, 0.5) is 0 Å². The Morgan fingerprint density at radius 3 is 2.42 bits per heavy atom. The van der Waals surface area contributed by atoms with Gasteiger partial charge in [-0.05, 0) is 31.9 Å². The molecule has 0 aliphatic rings. The Kier molecular flexibility index (Phi) is 5.12. The molecule has 0 spiro atoms. The van der Waals surface area contributed by atoms with Crippen LogP contribution in [0.2, 0.25) is 0 Å². The summed E-state index contributed by atoms with van der Waals surface area (Å²) < 4.78 is 16.8. The molecule has 0 aliphatic heterocycles. The van der Waals surface area contributed by atoms with E-state index in [1.165, 1.54) is 5.57 Å². The molecule has 0 saturated carbocycles. The molecule has 0 amide bonds. The van der Waals surface area contributed by atoms with Crippen molar-refractivity contribution >= 4 is 11.0 Å². The maximum atomic E-state index is 12.5. The highest BCUT2D eigenvalue weighted by molar-refractivity contribution is 5.90. The molecule has 1 aromatic heterocycles. The Labute approximate surface area is 152 Å². The molecule has 0 unspecified atom stereocenters. The first-order chi connectivity index (χ1) is 12.5. The summed E-state index contributed by atoms with van der Waals surface area (Å²) >= 11 is 0. The van der Waals surface area contributed by atoms with Crippen LogP contribution < -0.4 is 15.1 Å². The molecule has 134 valence electrons. The van der Waals surface area contributed by atoms with Gasteiger partial charge < -0.3 is 13.9 Å². The van der Waals surface area contributed by atoms with E-state index in [0.29, 0.717) is 29.1 Å². The third-order valence-electron chi connectivity index (χ3n) is 4.28. The number of hydrogen-bond donors (Lipinski definition) is 0. The Bertz CT molecular complexity index is 1010. The summed E-state index contributed by atoms with van der Waals surface area (Å²) in [6, 6.07) is 13.1. The van der Waals surface area contributed by atoms with Crippen LogP contribution in [0.15, 0.2) is 63.3 Å². The van der Waals surface area contributed by atoms with Crippen molar-refractivity contribution in [1.82, 2.24) is 0 Å². The summed E-state index contributed by atoms with van der Waals surface area (Å²) in [6.45, 7) is 4.10. The number of ether oxygens (including phenoxy) is 2. The zero-order valence-electron chi connectivity index (χ0n) is 15.5. The van der Waals surface area contributed by atoms with Crippen LogP contribution in [0.5, 0.6) is 11.5 Å². The average Bonchev–Trinajstić information content (AvgIpc) is 2.65. The van der Waals surface area contributed by atoms with Gasteiger partial charge in [0.05, 0.1) is 25.2 Å². The molecule has 0 radical (unpaired) electrons. The lowest BCUT2D eigenvalue weighted by atomic mass is 10.0. The van der Waals surface area contributed by atoms with Crippen molar-refractivity contribution in [1.29, 1.82) is 0 Å². The van der Waals surface area contributed by atoms with Gasteiger partial charge in [-0.2, -0.15) is 0 Å².